The van der Waals surface area contributed by atoms with Gasteiger partial charge in [0.15, 0.2) is 0 Å². The Bertz CT molecular complexity index is 255. The van der Waals surface area contributed by atoms with Crippen LogP contribution in [-0.2, 0) is 9.53 Å². The number of hydrogen-bond donors (Lipinski definition) is 0. The third-order valence-electron chi connectivity index (χ3n) is 3.74. The van der Waals surface area contributed by atoms with Crippen molar-refractivity contribution in [2.75, 3.05) is 6.61 Å². The van der Waals surface area contributed by atoms with Crippen molar-refractivity contribution in [3.8, 4) is 0 Å². The van der Waals surface area contributed by atoms with Crippen LogP contribution in [0, 0.1) is 0 Å². The first-order valence-electron chi connectivity index (χ1n) is 7.34. The zero-order valence-electron chi connectivity index (χ0n) is 12.7. The van der Waals surface area contributed by atoms with E-state index in [1.807, 2.05) is 0 Å². The maximum absolute atomic E-state index is 11.3. The van der Waals surface area contributed by atoms with E-state index in [1.165, 1.54) is 37.0 Å². The molecule has 0 spiro atoms. The number of carbonyl (C=O) groups excluding carboxylic acids is 1. The smallest absolute Gasteiger partial charge is 0.333 e. The number of esters is 1. The highest BCUT2D eigenvalue weighted by Crippen LogP contribution is 2.29. The second-order valence-electron chi connectivity index (χ2n) is 5.37. The summed E-state index contributed by atoms with van der Waals surface area (Å²) in [6.45, 7) is 12.8. The van der Waals surface area contributed by atoms with Gasteiger partial charge in [-0.2, -0.15) is 0 Å². The molecule has 0 fully saturated rings. The topological polar surface area (TPSA) is 26.3 Å². The molecule has 0 unspecified atom stereocenters. The highest BCUT2D eigenvalue weighted by Gasteiger charge is 2.28. The third-order valence-corrected chi connectivity index (χ3v) is 9.78. The first-order valence-corrected chi connectivity index (χ1v) is 10.2. The Morgan fingerprint density at radius 2 is 1.67 bits per heavy atom. The summed E-state index contributed by atoms with van der Waals surface area (Å²) in [6, 6.07) is 5.51. The van der Waals surface area contributed by atoms with Gasteiger partial charge in [-0.25, -0.2) is 4.79 Å². The van der Waals surface area contributed by atoms with Gasteiger partial charge in [-0.1, -0.05) is 64.4 Å². The molecule has 0 aliphatic rings. The van der Waals surface area contributed by atoms with Gasteiger partial charge < -0.3 is 4.74 Å². The lowest BCUT2D eigenvalue weighted by Crippen LogP contribution is -2.33. The van der Waals surface area contributed by atoms with E-state index < -0.39 is 8.07 Å². The molecule has 0 aromatic rings. The lowest BCUT2D eigenvalue weighted by Gasteiger charge is -2.30. The van der Waals surface area contributed by atoms with Crippen LogP contribution < -0.4 is 0 Å². The molecule has 0 N–H and O–H groups in total. The van der Waals surface area contributed by atoms with Gasteiger partial charge in [-0.3, -0.25) is 0 Å². The molecule has 0 saturated carbocycles. The molecule has 0 saturated heterocycles. The van der Waals surface area contributed by atoms with E-state index in [0.29, 0.717) is 12.2 Å². The van der Waals surface area contributed by atoms with Crippen LogP contribution in [0.25, 0.3) is 0 Å². The van der Waals surface area contributed by atoms with Crippen LogP contribution in [0.15, 0.2) is 12.2 Å². The molecule has 0 rings (SSSR count). The van der Waals surface area contributed by atoms with Gasteiger partial charge in [0.05, 0.1) is 14.7 Å². The molecule has 3 heteroatoms. The van der Waals surface area contributed by atoms with Crippen LogP contribution in [0.3, 0.4) is 0 Å². The molecule has 2 nitrogen and oxygen atoms in total. The Morgan fingerprint density at radius 1 is 1.11 bits per heavy atom. The minimum Gasteiger partial charge on any atom is -0.462 e. The zero-order chi connectivity index (χ0) is 14.0. The molecule has 0 aliphatic carbocycles. The quantitative estimate of drug-likeness (QED) is 0.247. The van der Waals surface area contributed by atoms with Crippen molar-refractivity contribution in [2.24, 2.45) is 0 Å². The van der Waals surface area contributed by atoms with Gasteiger partial charge in [0.1, 0.15) is 0 Å². The van der Waals surface area contributed by atoms with Crippen LogP contribution >= 0.6 is 0 Å². The molecule has 106 valence electrons. The molecule has 0 aromatic heterocycles. The summed E-state index contributed by atoms with van der Waals surface area (Å²) < 4.78 is 5.18. The van der Waals surface area contributed by atoms with E-state index in [4.69, 9.17) is 4.74 Å². The number of ether oxygens (including phenoxy) is 1. The average Bonchev–Trinajstić information content (AvgIpc) is 2.34. The predicted molar refractivity (Wildman–Crippen MR) is 81.6 cm³/mol. The van der Waals surface area contributed by atoms with E-state index in [2.05, 4.69) is 27.4 Å². The second kappa shape index (κ2) is 9.37. The van der Waals surface area contributed by atoms with E-state index in [0.717, 1.165) is 6.42 Å². The minimum absolute atomic E-state index is 0.246. The monoisotopic (exact) mass is 270 g/mol. The summed E-state index contributed by atoms with van der Waals surface area (Å²) in [5.74, 6) is -0.246. The molecule has 0 amide bonds. The van der Waals surface area contributed by atoms with Crippen LogP contribution in [-0.4, -0.2) is 20.7 Å². The summed E-state index contributed by atoms with van der Waals surface area (Å²) >= 11 is 0. The predicted octanol–water partition coefficient (Wildman–Crippen LogP) is 4.78. The zero-order valence-corrected chi connectivity index (χ0v) is 13.7. The number of hydrogen-bond acceptors (Lipinski definition) is 2. The fourth-order valence-corrected chi connectivity index (χ4v) is 7.53. The highest BCUT2D eigenvalue weighted by atomic mass is 28.3. The maximum Gasteiger partial charge on any atom is 0.333 e. The van der Waals surface area contributed by atoms with Gasteiger partial charge >= 0.3 is 5.97 Å². The molecule has 0 heterocycles. The standard InChI is InChI=1S/C15H30O2Si/c1-6-11-18(8-3,12-7-2)13-9-10-17-15(16)14(4)5/h4,6-13H2,1-3,5H3. The third kappa shape index (κ3) is 6.38. The number of rotatable bonds is 10. The van der Waals surface area contributed by atoms with E-state index in [1.54, 1.807) is 6.92 Å². The van der Waals surface area contributed by atoms with Crippen molar-refractivity contribution < 1.29 is 9.53 Å². The molecule has 0 aliphatic heterocycles. The highest BCUT2D eigenvalue weighted by molar-refractivity contribution is 6.79. The number of carbonyl (C=O) groups is 1. The van der Waals surface area contributed by atoms with Gasteiger partial charge in [-0.05, 0) is 13.3 Å². The molecule has 0 atom stereocenters. The molecule has 0 radical (unpaired) electrons. The lowest BCUT2D eigenvalue weighted by atomic mass is 10.4. The van der Waals surface area contributed by atoms with Crippen LogP contribution in [0.5, 0.6) is 0 Å². The Morgan fingerprint density at radius 3 is 2.06 bits per heavy atom. The summed E-state index contributed by atoms with van der Waals surface area (Å²) in [4.78, 5) is 11.3. The van der Waals surface area contributed by atoms with Crippen molar-refractivity contribution >= 4 is 14.0 Å². The average molecular weight is 270 g/mol. The Balaban J connectivity index is 4.10. The van der Waals surface area contributed by atoms with Crippen molar-refractivity contribution in [1.29, 1.82) is 0 Å². The normalized spacial score (nSPS) is 11.3. The van der Waals surface area contributed by atoms with E-state index >= 15 is 0 Å². The van der Waals surface area contributed by atoms with Crippen molar-refractivity contribution in [1.82, 2.24) is 0 Å². The van der Waals surface area contributed by atoms with Gasteiger partial charge in [0.25, 0.3) is 0 Å². The molecule has 0 aromatic carbocycles. The first-order chi connectivity index (χ1) is 8.51. The van der Waals surface area contributed by atoms with Gasteiger partial charge in [0, 0.05) is 5.57 Å². The largest absolute Gasteiger partial charge is 0.462 e. The summed E-state index contributed by atoms with van der Waals surface area (Å²) in [5, 5.41) is 0. The minimum atomic E-state index is -1.08. The van der Waals surface area contributed by atoms with E-state index in [-0.39, 0.29) is 5.97 Å². The lowest BCUT2D eigenvalue weighted by molar-refractivity contribution is -0.138. The van der Waals surface area contributed by atoms with Crippen LogP contribution in [0.2, 0.25) is 24.2 Å². The molecular weight excluding hydrogens is 240 g/mol. The molecule has 18 heavy (non-hydrogen) atoms. The summed E-state index contributed by atoms with van der Waals surface area (Å²) in [7, 11) is -1.08. The molecular formula is C15H30O2Si. The molecule has 0 bridgehead atoms. The first kappa shape index (κ1) is 17.4. The fourth-order valence-electron chi connectivity index (χ4n) is 2.70. The maximum atomic E-state index is 11.3. The van der Waals surface area contributed by atoms with E-state index in [9.17, 15) is 4.79 Å². The Labute approximate surface area is 114 Å². The Hall–Kier alpha value is -0.573. The van der Waals surface area contributed by atoms with Crippen molar-refractivity contribution in [3.05, 3.63) is 12.2 Å². The van der Waals surface area contributed by atoms with Gasteiger partial charge in [-0.15, -0.1) is 0 Å². The van der Waals surface area contributed by atoms with Crippen molar-refractivity contribution in [3.63, 3.8) is 0 Å². The Kier molecular flexibility index (Phi) is 9.07. The van der Waals surface area contributed by atoms with Crippen LogP contribution in [0.1, 0.15) is 47.0 Å². The summed E-state index contributed by atoms with van der Waals surface area (Å²) in [5.41, 5.74) is 0.496. The van der Waals surface area contributed by atoms with Crippen molar-refractivity contribution in [2.45, 2.75) is 71.1 Å². The van der Waals surface area contributed by atoms with Gasteiger partial charge in [0.2, 0.25) is 0 Å². The second-order valence-corrected chi connectivity index (χ2v) is 10.6. The summed E-state index contributed by atoms with van der Waals surface area (Å²) in [6.07, 6.45) is 3.62. The SMILES string of the molecule is C=C(C)C(=O)OCCC[Si](CC)(CCC)CCC. The van der Waals surface area contributed by atoms with Crippen LogP contribution in [0.4, 0.5) is 0 Å². The fraction of sp³-hybridized carbons (Fsp3) is 0.800.